The summed E-state index contributed by atoms with van der Waals surface area (Å²) in [6.07, 6.45) is 1.09. The van der Waals surface area contributed by atoms with Crippen molar-refractivity contribution in [2.24, 2.45) is 0 Å². The van der Waals surface area contributed by atoms with Crippen LogP contribution in [0.4, 0.5) is 5.69 Å². The summed E-state index contributed by atoms with van der Waals surface area (Å²) in [6, 6.07) is 6.16. The van der Waals surface area contributed by atoms with Gasteiger partial charge in [-0.3, -0.25) is 0 Å². The first kappa shape index (κ1) is 17.3. The van der Waals surface area contributed by atoms with Crippen molar-refractivity contribution in [2.45, 2.75) is 65.6 Å². The predicted molar refractivity (Wildman–Crippen MR) is 90.8 cm³/mol. The summed E-state index contributed by atoms with van der Waals surface area (Å²) in [4.78, 5) is 2.33. The van der Waals surface area contributed by atoms with Crippen LogP contribution in [0.2, 0.25) is 5.02 Å². The van der Waals surface area contributed by atoms with Crippen LogP contribution in [0, 0.1) is 0 Å². The van der Waals surface area contributed by atoms with Crippen molar-refractivity contribution in [3.8, 4) is 0 Å². The summed E-state index contributed by atoms with van der Waals surface area (Å²) in [5.74, 6) is 0. The normalized spacial score (nSPS) is 12.6. The Kier molecular flexibility index (Phi) is 5.51. The van der Waals surface area contributed by atoms with Crippen LogP contribution in [-0.2, 0) is 6.54 Å². The SMILES string of the molecule is CCC(C)(C)N(C)c1cc(Cl)ccc1CNC(C)(C)C. The summed E-state index contributed by atoms with van der Waals surface area (Å²) >= 11 is 6.20. The van der Waals surface area contributed by atoms with E-state index in [9.17, 15) is 0 Å². The molecule has 0 spiro atoms. The van der Waals surface area contributed by atoms with Gasteiger partial charge in [-0.15, -0.1) is 0 Å². The van der Waals surface area contributed by atoms with Crippen LogP contribution in [0.25, 0.3) is 0 Å². The number of anilines is 1. The van der Waals surface area contributed by atoms with E-state index in [2.05, 4.69) is 70.9 Å². The fourth-order valence-electron chi connectivity index (χ4n) is 1.92. The van der Waals surface area contributed by atoms with Crippen molar-refractivity contribution in [1.29, 1.82) is 0 Å². The molecule has 0 aliphatic heterocycles. The van der Waals surface area contributed by atoms with Crippen molar-refractivity contribution < 1.29 is 0 Å². The molecule has 3 heteroatoms. The van der Waals surface area contributed by atoms with Crippen molar-refractivity contribution in [3.63, 3.8) is 0 Å². The summed E-state index contributed by atoms with van der Waals surface area (Å²) < 4.78 is 0. The van der Waals surface area contributed by atoms with E-state index < -0.39 is 0 Å². The summed E-state index contributed by atoms with van der Waals surface area (Å²) in [5.41, 5.74) is 2.71. The Balaban J connectivity index is 3.08. The van der Waals surface area contributed by atoms with Gasteiger partial charge in [0.15, 0.2) is 0 Å². The highest BCUT2D eigenvalue weighted by Gasteiger charge is 2.23. The number of benzene rings is 1. The highest BCUT2D eigenvalue weighted by molar-refractivity contribution is 6.30. The van der Waals surface area contributed by atoms with Gasteiger partial charge in [0.05, 0.1) is 0 Å². The van der Waals surface area contributed by atoms with Gasteiger partial charge in [-0.1, -0.05) is 24.6 Å². The lowest BCUT2D eigenvalue weighted by atomic mass is 9.97. The minimum Gasteiger partial charge on any atom is -0.369 e. The quantitative estimate of drug-likeness (QED) is 0.835. The second kappa shape index (κ2) is 6.36. The van der Waals surface area contributed by atoms with E-state index in [1.54, 1.807) is 0 Å². The first-order chi connectivity index (χ1) is 9.07. The maximum absolute atomic E-state index is 6.20. The van der Waals surface area contributed by atoms with Gasteiger partial charge in [0, 0.05) is 35.4 Å². The summed E-state index contributed by atoms with van der Waals surface area (Å²) in [5, 5.41) is 4.34. The van der Waals surface area contributed by atoms with Crippen LogP contribution >= 0.6 is 11.6 Å². The molecule has 114 valence electrons. The van der Waals surface area contributed by atoms with E-state index in [0.717, 1.165) is 18.0 Å². The Morgan fingerprint density at radius 2 is 1.75 bits per heavy atom. The van der Waals surface area contributed by atoms with Gasteiger partial charge < -0.3 is 10.2 Å². The molecule has 0 amide bonds. The van der Waals surface area contributed by atoms with Gasteiger partial charge in [0.1, 0.15) is 0 Å². The van der Waals surface area contributed by atoms with Gasteiger partial charge in [-0.25, -0.2) is 0 Å². The van der Waals surface area contributed by atoms with Crippen LogP contribution in [0.5, 0.6) is 0 Å². The van der Waals surface area contributed by atoms with Gasteiger partial charge in [-0.2, -0.15) is 0 Å². The minimum atomic E-state index is 0.107. The van der Waals surface area contributed by atoms with Gasteiger partial charge in [0.25, 0.3) is 0 Å². The molecule has 0 fully saturated rings. The molecule has 0 heterocycles. The third-order valence-corrected chi connectivity index (χ3v) is 4.23. The molecule has 20 heavy (non-hydrogen) atoms. The maximum Gasteiger partial charge on any atom is 0.0428 e. The van der Waals surface area contributed by atoms with Crippen LogP contribution in [0.3, 0.4) is 0 Å². The van der Waals surface area contributed by atoms with Crippen LogP contribution in [0.15, 0.2) is 18.2 Å². The zero-order valence-corrected chi connectivity index (χ0v) is 14.7. The molecular formula is C17H29ClN2. The Morgan fingerprint density at radius 3 is 2.25 bits per heavy atom. The topological polar surface area (TPSA) is 15.3 Å². The van der Waals surface area contributed by atoms with Crippen molar-refractivity contribution in [1.82, 2.24) is 5.32 Å². The zero-order valence-electron chi connectivity index (χ0n) is 14.0. The molecule has 1 rings (SSSR count). The molecule has 0 aromatic heterocycles. The minimum absolute atomic E-state index is 0.107. The second-order valence-corrected chi connectivity index (χ2v) is 7.54. The van der Waals surface area contributed by atoms with Crippen molar-refractivity contribution in [2.75, 3.05) is 11.9 Å². The fraction of sp³-hybridized carbons (Fsp3) is 0.647. The van der Waals surface area contributed by atoms with Gasteiger partial charge >= 0.3 is 0 Å². The molecule has 0 radical (unpaired) electrons. The zero-order chi connectivity index (χ0) is 15.6. The Labute approximate surface area is 129 Å². The summed E-state index contributed by atoms with van der Waals surface area (Å²) in [6.45, 7) is 14.1. The number of hydrogen-bond acceptors (Lipinski definition) is 2. The standard InChI is InChI=1S/C17H29ClN2/c1-8-17(5,6)20(7)15-11-14(18)10-9-13(15)12-19-16(2,3)4/h9-11,19H,8,12H2,1-7H3. The Bertz CT molecular complexity index is 447. The molecule has 0 unspecified atom stereocenters. The van der Waals surface area contributed by atoms with Crippen LogP contribution in [-0.4, -0.2) is 18.1 Å². The molecular weight excluding hydrogens is 268 g/mol. The highest BCUT2D eigenvalue weighted by Crippen LogP contribution is 2.30. The monoisotopic (exact) mass is 296 g/mol. The lowest BCUT2D eigenvalue weighted by molar-refractivity contribution is 0.422. The fourth-order valence-corrected chi connectivity index (χ4v) is 2.09. The van der Waals surface area contributed by atoms with E-state index in [1.165, 1.54) is 11.3 Å². The average molecular weight is 297 g/mol. The molecule has 0 atom stereocenters. The molecule has 1 aromatic carbocycles. The van der Waals surface area contributed by atoms with Crippen LogP contribution in [0.1, 0.15) is 53.5 Å². The largest absolute Gasteiger partial charge is 0.369 e. The third kappa shape index (κ3) is 4.68. The molecule has 2 nitrogen and oxygen atoms in total. The lowest BCUT2D eigenvalue weighted by Crippen LogP contribution is -2.42. The highest BCUT2D eigenvalue weighted by atomic mass is 35.5. The number of halogens is 1. The number of nitrogens with one attached hydrogen (secondary N) is 1. The molecule has 0 bridgehead atoms. The van der Waals surface area contributed by atoms with E-state index in [-0.39, 0.29) is 11.1 Å². The number of rotatable bonds is 5. The second-order valence-electron chi connectivity index (χ2n) is 7.10. The van der Waals surface area contributed by atoms with Gasteiger partial charge in [0.2, 0.25) is 0 Å². The first-order valence-corrected chi connectivity index (χ1v) is 7.72. The predicted octanol–water partition coefficient (Wildman–Crippen LogP) is 4.85. The Hall–Kier alpha value is -0.730. The van der Waals surface area contributed by atoms with E-state index in [4.69, 9.17) is 11.6 Å². The molecule has 1 aromatic rings. The number of nitrogens with zero attached hydrogens (tertiary/aromatic N) is 1. The molecule has 0 aliphatic carbocycles. The lowest BCUT2D eigenvalue weighted by Gasteiger charge is -2.38. The van der Waals surface area contributed by atoms with E-state index in [1.807, 2.05) is 6.07 Å². The molecule has 1 N–H and O–H groups in total. The number of hydrogen-bond donors (Lipinski definition) is 1. The maximum atomic E-state index is 6.20. The van der Waals surface area contributed by atoms with Crippen molar-refractivity contribution >= 4 is 17.3 Å². The van der Waals surface area contributed by atoms with E-state index >= 15 is 0 Å². The summed E-state index contributed by atoms with van der Waals surface area (Å²) in [7, 11) is 2.15. The Morgan fingerprint density at radius 1 is 1.15 bits per heavy atom. The van der Waals surface area contributed by atoms with Crippen molar-refractivity contribution in [3.05, 3.63) is 28.8 Å². The molecule has 0 saturated carbocycles. The van der Waals surface area contributed by atoms with E-state index in [0.29, 0.717) is 0 Å². The molecule has 0 saturated heterocycles. The smallest absolute Gasteiger partial charge is 0.0428 e. The third-order valence-electron chi connectivity index (χ3n) is 3.99. The van der Waals surface area contributed by atoms with Gasteiger partial charge in [-0.05, 0) is 58.7 Å². The first-order valence-electron chi connectivity index (χ1n) is 7.34. The average Bonchev–Trinajstić information content (AvgIpc) is 2.35. The molecule has 0 aliphatic rings. The van der Waals surface area contributed by atoms with Crippen LogP contribution < -0.4 is 10.2 Å².